The zero-order chi connectivity index (χ0) is 23.8. The zero-order valence-electron chi connectivity index (χ0n) is 20.2. The number of aliphatic hydroxyl groups is 2. The highest BCUT2D eigenvalue weighted by atomic mass is 16.3. The van der Waals surface area contributed by atoms with Gasteiger partial charge in [-0.2, -0.15) is 0 Å². The van der Waals surface area contributed by atoms with Gasteiger partial charge in [0.15, 0.2) is 0 Å². The Kier molecular flexibility index (Phi) is 6.06. The summed E-state index contributed by atoms with van der Waals surface area (Å²) < 4.78 is 0. The van der Waals surface area contributed by atoms with Gasteiger partial charge < -0.3 is 10.2 Å². The summed E-state index contributed by atoms with van der Waals surface area (Å²) in [6, 6.07) is 28.9. The van der Waals surface area contributed by atoms with Crippen molar-refractivity contribution in [2.75, 3.05) is 0 Å². The molecule has 0 bridgehead atoms. The van der Waals surface area contributed by atoms with E-state index in [1.54, 1.807) is 0 Å². The van der Waals surface area contributed by atoms with Crippen LogP contribution in [0.4, 0.5) is 0 Å². The molecule has 0 unspecified atom stereocenters. The Morgan fingerprint density at radius 2 is 1.21 bits per heavy atom. The van der Waals surface area contributed by atoms with E-state index in [-0.39, 0.29) is 0 Å². The van der Waals surface area contributed by atoms with Crippen molar-refractivity contribution in [3.8, 4) is 11.1 Å². The lowest BCUT2D eigenvalue weighted by atomic mass is 9.62. The fraction of sp³-hybridized carbons (Fsp3) is 0.312. The summed E-state index contributed by atoms with van der Waals surface area (Å²) in [6.45, 7) is 4.32. The first-order valence-electron chi connectivity index (χ1n) is 12.7. The number of hydrogen-bond acceptors (Lipinski definition) is 2. The van der Waals surface area contributed by atoms with Crippen LogP contribution in [-0.4, -0.2) is 10.2 Å². The summed E-state index contributed by atoms with van der Waals surface area (Å²) in [6.07, 6.45) is 5.04. The molecule has 2 heteroatoms. The third-order valence-electron chi connectivity index (χ3n) is 7.58. The average molecular weight is 451 g/mol. The van der Waals surface area contributed by atoms with Gasteiger partial charge >= 0.3 is 0 Å². The van der Waals surface area contributed by atoms with E-state index in [1.165, 1.54) is 0 Å². The van der Waals surface area contributed by atoms with Gasteiger partial charge in [0.25, 0.3) is 0 Å². The SMILES string of the molecule is CCCC[C@@]1(O)c2cccc(-c3ccccc3)c2[C@](O)(CCCC)c2ccc3ccccc3c21. The molecule has 0 saturated carbocycles. The number of fused-ring (bicyclic) bond motifs is 4. The van der Waals surface area contributed by atoms with Crippen molar-refractivity contribution < 1.29 is 10.2 Å². The minimum absolute atomic E-state index is 0.621. The molecule has 2 N–H and O–H groups in total. The second-order valence-corrected chi connectivity index (χ2v) is 9.73. The van der Waals surface area contributed by atoms with Crippen LogP contribution in [0.25, 0.3) is 21.9 Å². The fourth-order valence-corrected chi connectivity index (χ4v) is 5.92. The summed E-state index contributed by atoms with van der Waals surface area (Å²) in [7, 11) is 0. The van der Waals surface area contributed by atoms with Crippen LogP contribution in [0.3, 0.4) is 0 Å². The van der Waals surface area contributed by atoms with Gasteiger partial charge in [-0.05, 0) is 45.9 Å². The van der Waals surface area contributed by atoms with Gasteiger partial charge in [-0.15, -0.1) is 0 Å². The lowest BCUT2D eigenvalue weighted by Gasteiger charge is -2.46. The molecule has 4 aromatic carbocycles. The Balaban J connectivity index is 1.90. The summed E-state index contributed by atoms with van der Waals surface area (Å²) in [5.74, 6) is 0. The second-order valence-electron chi connectivity index (χ2n) is 9.73. The molecule has 0 aromatic heterocycles. The molecular formula is C32H34O2. The smallest absolute Gasteiger partial charge is 0.116 e. The predicted octanol–water partition coefficient (Wildman–Crippen LogP) is 7.67. The van der Waals surface area contributed by atoms with E-state index in [9.17, 15) is 10.2 Å². The van der Waals surface area contributed by atoms with Crippen molar-refractivity contribution >= 4 is 10.8 Å². The molecule has 0 saturated heterocycles. The van der Waals surface area contributed by atoms with Gasteiger partial charge in [0.1, 0.15) is 11.2 Å². The van der Waals surface area contributed by atoms with Crippen LogP contribution in [0.1, 0.15) is 74.6 Å². The topological polar surface area (TPSA) is 40.5 Å². The van der Waals surface area contributed by atoms with E-state index in [2.05, 4.69) is 56.3 Å². The van der Waals surface area contributed by atoms with Crippen molar-refractivity contribution in [1.29, 1.82) is 0 Å². The number of benzene rings is 4. The predicted molar refractivity (Wildman–Crippen MR) is 141 cm³/mol. The van der Waals surface area contributed by atoms with Gasteiger partial charge in [0.05, 0.1) is 0 Å². The molecule has 174 valence electrons. The highest BCUT2D eigenvalue weighted by Crippen LogP contribution is 2.55. The van der Waals surface area contributed by atoms with Gasteiger partial charge in [-0.1, -0.05) is 124 Å². The molecule has 2 nitrogen and oxygen atoms in total. The highest BCUT2D eigenvalue weighted by molar-refractivity contribution is 5.90. The van der Waals surface area contributed by atoms with Gasteiger partial charge in [0, 0.05) is 11.1 Å². The van der Waals surface area contributed by atoms with E-state index in [0.29, 0.717) is 12.8 Å². The molecule has 0 radical (unpaired) electrons. The molecule has 0 fully saturated rings. The molecule has 2 atom stereocenters. The van der Waals surface area contributed by atoms with Crippen molar-refractivity contribution in [1.82, 2.24) is 0 Å². The molecule has 1 aliphatic rings. The molecular weight excluding hydrogens is 416 g/mol. The Morgan fingerprint density at radius 3 is 1.91 bits per heavy atom. The first-order chi connectivity index (χ1) is 16.5. The Hall–Kier alpha value is -2.94. The maximum Gasteiger partial charge on any atom is 0.116 e. The summed E-state index contributed by atoms with van der Waals surface area (Å²) in [5, 5.41) is 27.4. The van der Waals surface area contributed by atoms with Crippen molar-refractivity contribution in [2.45, 2.75) is 63.6 Å². The lowest BCUT2D eigenvalue weighted by molar-refractivity contribution is 0.0203. The molecule has 0 heterocycles. The molecule has 0 aliphatic heterocycles. The van der Waals surface area contributed by atoms with Crippen LogP contribution in [0.2, 0.25) is 0 Å². The first kappa shape index (κ1) is 22.8. The van der Waals surface area contributed by atoms with E-state index in [4.69, 9.17) is 0 Å². The van der Waals surface area contributed by atoms with Crippen molar-refractivity contribution in [3.05, 3.63) is 107 Å². The fourth-order valence-electron chi connectivity index (χ4n) is 5.92. The van der Waals surface area contributed by atoms with Gasteiger partial charge in [-0.25, -0.2) is 0 Å². The molecule has 0 amide bonds. The van der Waals surface area contributed by atoms with Crippen LogP contribution in [-0.2, 0) is 11.2 Å². The van der Waals surface area contributed by atoms with Crippen LogP contribution < -0.4 is 0 Å². The Bertz CT molecular complexity index is 1310. The Morgan fingerprint density at radius 1 is 0.588 bits per heavy atom. The first-order valence-corrected chi connectivity index (χ1v) is 12.7. The second kappa shape index (κ2) is 9.02. The summed E-state index contributed by atoms with van der Waals surface area (Å²) in [4.78, 5) is 0. The standard InChI is InChI=1S/C32H34O2/c1-3-5-21-31(33)27-18-12-17-26(23-13-8-7-9-14-23)29(27)32(34,22-6-4-2)28-20-19-24-15-10-11-16-25(24)30(28)31/h7-20,33-34H,3-6,21-22H2,1-2H3/t31-,32+/m1/s1. The third-order valence-corrected chi connectivity index (χ3v) is 7.58. The quantitative estimate of drug-likeness (QED) is 0.303. The average Bonchev–Trinajstić information content (AvgIpc) is 2.89. The van der Waals surface area contributed by atoms with Crippen molar-refractivity contribution in [3.63, 3.8) is 0 Å². The van der Waals surface area contributed by atoms with Gasteiger partial charge in [-0.3, -0.25) is 0 Å². The van der Waals surface area contributed by atoms with Gasteiger partial charge in [0.2, 0.25) is 0 Å². The van der Waals surface area contributed by atoms with E-state index < -0.39 is 11.2 Å². The van der Waals surface area contributed by atoms with E-state index in [1.807, 2.05) is 42.5 Å². The molecule has 5 rings (SSSR count). The summed E-state index contributed by atoms with van der Waals surface area (Å²) >= 11 is 0. The molecule has 0 spiro atoms. The number of rotatable bonds is 7. The van der Waals surface area contributed by atoms with Crippen LogP contribution in [0, 0.1) is 0 Å². The maximum atomic E-state index is 12.7. The minimum atomic E-state index is -1.17. The summed E-state index contributed by atoms with van der Waals surface area (Å²) in [5.41, 5.74) is 3.20. The third kappa shape index (κ3) is 3.48. The lowest BCUT2D eigenvalue weighted by Crippen LogP contribution is -2.43. The van der Waals surface area contributed by atoms with E-state index in [0.717, 1.165) is 69.8 Å². The normalized spacial score (nSPS) is 21.3. The number of unbranched alkanes of at least 4 members (excludes halogenated alkanes) is 2. The minimum Gasteiger partial charge on any atom is -0.380 e. The molecule has 1 aliphatic carbocycles. The largest absolute Gasteiger partial charge is 0.380 e. The zero-order valence-corrected chi connectivity index (χ0v) is 20.2. The molecule has 4 aromatic rings. The highest BCUT2D eigenvalue weighted by Gasteiger charge is 2.50. The Labute approximate surface area is 202 Å². The van der Waals surface area contributed by atoms with Crippen molar-refractivity contribution in [2.24, 2.45) is 0 Å². The maximum absolute atomic E-state index is 12.7. The molecule has 34 heavy (non-hydrogen) atoms. The monoisotopic (exact) mass is 450 g/mol. The van der Waals surface area contributed by atoms with Crippen LogP contribution in [0.5, 0.6) is 0 Å². The number of hydrogen-bond donors (Lipinski definition) is 2. The van der Waals surface area contributed by atoms with E-state index >= 15 is 0 Å². The van der Waals surface area contributed by atoms with Crippen LogP contribution >= 0.6 is 0 Å². The van der Waals surface area contributed by atoms with Crippen LogP contribution in [0.15, 0.2) is 84.9 Å².